The van der Waals surface area contributed by atoms with E-state index < -0.39 is 0 Å². The molecule has 0 saturated carbocycles. The molecule has 1 heterocycles. The Bertz CT molecular complexity index is 954. The lowest BCUT2D eigenvalue weighted by Gasteiger charge is -2.21. The molecule has 0 aliphatic rings. The van der Waals surface area contributed by atoms with Crippen LogP contribution in [0, 0.1) is 20.8 Å². The van der Waals surface area contributed by atoms with E-state index in [1.807, 2.05) is 70.2 Å². The normalized spacial score (nSPS) is 10.5. The average Bonchev–Trinajstić information content (AvgIpc) is 2.65. The Balaban J connectivity index is 1.93. The summed E-state index contributed by atoms with van der Waals surface area (Å²) in [5, 5.41) is 3.25. The van der Waals surface area contributed by atoms with Crippen molar-refractivity contribution >= 4 is 23.2 Å². The van der Waals surface area contributed by atoms with Crippen molar-refractivity contribution in [1.82, 2.24) is 9.97 Å². The van der Waals surface area contributed by atoms with E-state index >= 15 is 0 Å². The first-order valence-electron chi connectivity index (χ1n) is 9.05. The Hall–Kier alpha value is -3.21. The van der Waals surface area contributed by atoms with Crippen LogP contribution in [0.5, 0.6) is 0 Å². The molecule has 0 bridgehead atoms. The molecule has 0 unspecified atom stereocenters. The van der Waals surface area contributed by atoms with Gasteiger partial charge in [-0.3, -0.25) is 4.79 Å². The van der Waals surface area contributed by atoms with Crippen molar-refractivity contribution in [2.45, 2.75) is 27.7 Å². The monoisotopic (exact) mass is 360 g/mol. The molecule has 0 aliphatic carbocycles. The van der Waals surface area contributed by atoms with Gasteiger partial charge in [0.25, 0.3) is 5.91 Å². The van der Waals surface area contributed by atoms with Gasteiger partial charge in [-0.05, 0) is 63.1 Å². The van der Waals surface area contributed by atoms with Gasteiger partial charge in [-0.1, -0.05) is 30.3 Å². The van der Waals surface area contributed by atoms with E-state index in [0.29, 0.717) is 18.2 Å². The zero-order valence-electron chi connectivity index (χ0n) is 16.2. The van der Waals surface area contributed by atoms with Gasteiger partial charge in [0.2, 0.25) is 5.95 Å². The zero-order chi connectivity index (χ0) is 19.4. The molecule has 0 radical (unpaired) electrons. The molecule has 27 heavy (non-hydrogen) atoms. The van der Waals surface area contributed by atoms with Crippen molar-refractivity contribution in [3.8, 4) is 0 Å². The first kappa shape index (κ1) is 18.6. The second-order valence-electron chi connectivity index (χ2n) is 6.55. The minimum Gasteiger partial charge on any atom is -0.324 e. The van der Waals surface area contributed by atoms with Crippen LogP contribution in [0.25, 0.3) is 0 Å². The van der Waals surface area contributed by atoms with Crippen LogP contribution in [0.2, 0.25) is 0 Å². The third kappa shape index (κ3) is 4.31. The molecular weight excluding hydrogens is 336 g/mol. The zero-order valence-corrected chi connectivity index (χ0v) is 16.2. The van der Waals surface area contributed by atoms with Gasteiger partial charge in [0.1, 0.15) is 5.69 Å². The highest BCUT2D eigenvalue weighted by Gasteiger charge is 2.19. The van der Waals surface area contributed by atoms with Crippen LogP contribution in [-0.4, -0.2) is 22.4 Å². The fourth-order valence-corrected chi connectivity index (χ4v) is 2.91. The number of aromatic nitrogens is 2. The van der Waals surface area contributed by atoms with E-state index in [-0.39, 0.29) is 5.91 Å². The number of rotatable bonds is 5. The van der Waals surface area contributed by atoms with Crippen LogP contribution in [-0.2, 0) is 0 Å². The number of anilines is 3. The van der Waals surface area contributed by atoms with Crippen LogP contribution in [0.15, 0.2) is 54.6 Å². The minimum atomic E-state index is -0.141. The molecule has 2 aromatic carbocycles. The number of hydrogen-bond acceptors (Lipinski definition) is 4. The summed E-state index contributed by atoms with van der Waals surface area (Å²) in [7, 11) is 0. The number of hydrogen-bond donors (Lipinski definition) is 1. The molecular formula is C22H24N4O. The maximum absolute atomic E-state index is 13.1. The molecule has 1 N–H and O–H groups in total. The first-order chi connectivity index (χ1) is 13.0. The number of carbonyl (C=O) groups is 1. The van der Waals surface area contributed by atoms with E-state index in [1.165, 1.54) is 0 Å². The number of carbonyl (C=O) groups excluding carboxylic acids is 1. The smallest absolute Gasteiger partial charge is 0.277 e. The summed E-state index contributed by atoms with van der Waals surface area (Å²) in [4.78, 5) is 23.7. The van der Waals surface area contributed by atoms with E-state index in [9.17, 15) is 4.79 Å². The van der Waals surface area contributed by atoms with Gasteiger partial charge in [0, 0.05) is 23.6 Å². The van der Waals surface area contributed by atoms with Gasteiger partial charge >= 0.3 is 0 Å². The van der Waals surface area contributed by atoms with Crippen molar-refractivity contribution < 1.29 is 4.79 Å². The van der Waals surface area contributed by atoms with Crippen molar-refractivity contribution in [2.75, 3.05) is 16.8 Å². The number of benzene rings is 2. The third-order valence-corrected chi connectivity index (χ3v) is 4.34. The van der Waals surface area contributed by atoms with Gasteiger partial charge < -0.3 is 10.2 Å². The molecule has 3 rings (SSSR count). The summed E-state index contributed by atoms with van der Waals surface area (Å²) in [6.07, 6.45) is 0. The van der Waals surface area contributed by atoms with Crippen molar-refractivity contribution in [3.05, 3.63) is 77.1 Å². The second-order valence-corrected chi connectivity index (χ2v) is 6.55. The Morgan fingerprint density at radius 2 is 1.74 bits per heavy atom. The van der Waals surface area contributed by atoms with Gasteiger partial charge in [0.15, 0.2) is 0 Å². The molecule has 138 valence electrons. The van der Waals surface area contributed by atoms with E-state index in [1.54, 1.807) is 11.0 Å². The first-order valence-corrected chi connectivity index (χ1v) is 9.05. The topological polar surface area (TPSA) is 58.1 Å². The van der Waals surface area contributed by atoms with Crippen LogP contribution in [0.1, 0.15) is 34.2 Å². The van der Waals surface area contributed by atoms with Crippen LogP contribution in [0.4, 0.5) is 17.3 Å². The van der Waals surface area contributed by atoms with Gasteiger partial charge in [0.05, 0.1) is 0 Å². The fourth-order valence-electron chi connectivity index (χ4n) is 2.91. The molecule has 1 amide bonds. The Morgan fingerprint density at radius 3 is 2.44 bits per heavy atom. The molecule has 0 fully saturated rings. The maximum atomic E-state index is 13.1. The standard InChI is InChI=1S/C22H24N4O/c1-5-26(18-9-7-6-8-10-18)21(27)20-14-17(4)23-22(25-20)24-19-13-15(2)11-12-16(19)3/h6-14H,5H2,1-4H3,(H,23,24,25). The number of amides is 1. The van der Waals surface area contributed by atoms with E-state index in [0.717, 1.165) is 28.2 Å². The van der Waals surface area contributed by atoms with Crippen molar-refractivity contribution in [3.63, 3.8) is 0 Å². The minimum absolute atomic E-state index is 0.141. The molecule has 0 aliphatic heterocycles. The summed E-state index contributed by atoms with van der Waals surface area (Å²) in [5.74, 6) is 0.286. The fraction of sp³-hybridized carbons (Fsp3) is 0.227. The van der Waals surface area contributed by atoms with Crippen molar-refractivity contribution in [2.24, 2.45) is 0 Å². The highest BCUT2D eigenvalue weighted by Crippen LogP contribution is 2.21. The van der Waals surface area contributed by atoms with Gasteiger partial charge in [-0.15, -0.1) is 0 Å². The molecule has 3 aromatic rings. The lowest BCUT2D eigenvalue weighted by molar-refractivity contribution is 0.0983. The van der Waals surface area contributed by atoms with Crippen LogP contribution in [0.3, 0.4) is 0 Å². The van der Waals surface area contributed by atoms with Gasteiger partial charge in [-0.25, -0.2) is 9.97 Å². The van der Waals surface area contributed by atoms with E-state index in [4.69, 9.17) is 0 Å². The van der Waals surface area contributed by atoms with E-state index in [2.05, 4.69) is 21.4 Å². The number of aryl methyl sites for hydroxylation is 3. The predicted molar refractivity (Wildman–Crippen MR) is 110 cm³/mol. The summed E-state index contributed by atoms with van der Waals surface area (Å²) in [6, 6.07) is 17.5. The number of nitrogens with zero attached hydrogens (tertiary/aromatic N) is 3. The Kier molecular flexibility index (Phi) is 5.50. The number of para-hydroxylation sites is 1. The maximum Gasteiger partial charge on any atom is 0.277 e. The summed E-state index contributed by atoms with van der Waals surface area (Å²) in [5.41, 5.74) is 5.15. The summed E-state index contributed by atoms with van der Waals surface area (Å²) >= 11 is 0. The second kappa shape index (κ2) is 7.99. The highest BCUT2D eigenvalue weighted by atomic mass is 16.2. The quantitative estimate of drug-likeness (QED) is 0.709. The SMILES string of the molecule is CCN(C(=O)c1cc(C)nc(Nc2cc(C)ccc2C)n1)c1ccccc1. The van der Waals surface area contributed by atoms with Crippen LogP contribution < -0.4 is 10.2 Å². The third-order valence-electron chi connectivity index (χ3n) is 4.34. The van der Waals surface area contributed by atoms with Crippen molar-refractivity contribution in [1.29, 1.82) is 0 Å². The Morgan fingerprint density at radius 1 is 1.00 bits per heavy atom. The lowest BCUT2D eigenvalue weighted by atomic mass is 10.1. The molecule has 0 atom stereocenters. The molecule has 0 spiro atoms. The largest absolute Gasteiger partial charge is 0.324 e. The Labute approximate surface area is 160 Å². The average molecular weight is 360 g/mol. The molecule has 1 aromatic heterocycles. The summed E-state index contributed by atoms with van der Waals surface area (Å²) in [6.45, 7) is 8.44. The number of nitrogens with one attached hydrogen (secondary N) is 1. The lowest BCUT2D eigenvalue weighted by Crippen LogP contribution is -2.31. The molecule has 0 saturated heterocycles. The highest BCUT2D eigenvalue weighted by molar-refractivity contribution is 6.05. The summed E-state index contributed by atoms with van der Waals surface area (Å²) < 4.78 is 0. The molecule has 5 heteroatoms. The van der Waals surface area contributed by atoms with Crippen LogP contribution >= 0.6 is 0 Å². The molecule has 5 nitrogen and oxygen atoms in total. The van der Waals surface area contributed by atoms with Gasteiger partial charge in [-0.2, -0.15) is 0 Å². The predicted octanol–water partition coefficient (Wildman–Crippen LogP) is 4.81.